The second-order valence-corrected chi connectivity index (χ2v) is 10.2. The van der Waals surface area contributed by atoms with Gasteiger partial charge >= 0.3 is 0 Å². The van der Waals surface area contributed by atoms with E-state index < -0.39 is 0 Å². The number of rotatable bonds is 5. The van der Waals surface area contributed by atoms with Crippen LogP contribution in [0.25, 0.3) is 10.9 Å². The highest BCUT2D eigenvalue weighted by Gasteiger charge is 2.32. The molecule has 168 valence electrons. The van der Waals surface area contributed by atoms with Gasteiger partial charge in [-0.15, -0.1) is 0 Å². The van der Waals surface area contributed by atoms with Crippen molar-refractivity contribution in [2.24, 2.45) is 0 Å². The molecule has 0 spiro atoms. The third-order valence-electron chi connectivity index (χ3n) is 6.37. The molecule has 5 nitrogen and oxygen atoms in total. The molecule has 1 amide bonds. The highest BCUT2D eigenvalue weighted by atomic mass is 32.2. The predicted molar refractivity (Wildman–Crippen MR) is 131 cm³/mol. The van der Waals surface area contributed by atoms with Gasteiger partial charge in [-0.25, -0.2) is 4.98 Å². The van der Waals surface area contributed by atoms with E-state index in [9.17, 15) is 9.59 Å². The zero-order chi connectivity index (χ0) is 22.8. The minimum atomic E-state index is -0.324. The average molecular weight is 450 g/mol. The lowest BCUT2D eigenvalue weighted by Gasteiger charge is -2.40. The zero-order valence-corrected chi connectivity index (χ0v) is 20.1. The Bertz CT molecular complexity index is 1160. The fourth-order valence-corrected chi connectivity index (χ4v) is 5.49. The van der Waals surface area contributed by atoms with Crippen molar-refractivity contribution in [3.05, 3.63) is 70.0 Å². The molecule has 4 rings (SSSR count). The molecule has 1 fully saturated rings. The van der Waals surface area contributed by atoms with Crippen LogP contribution < -0.4 is 5.56 Å². The maximum absolute atomic E-state index is 13.4. The number of aryl methyl sites for hydroxylation is 1. The summed E-state index contributed by atoms with van der Waals surface area (Å²) in [6, 6.07) is 16.1. The number of carbonyl (C=O) groups excluding carboxylic acids is 1. The van der Waals surface area contributed by atoms with Crippen LogP contribution in [0.5, 0.6) is 0 Å². The van der Waals surface area contributed by atoms with Gasteiger partial charge in [0.15, 0.2) is 5.16 Å². The Hall–Kier alpha value is -2.60. The minimum Gasteiger partial charge on any atom is -0.336 e. The fraction of sp³-hybridized carbons (Fsp3) is 0.423. The number of benzene rings is 2. The van der Waals surface area contributed by atoms with Crippen LogP contribution >= 0.6 is 11.8 Å². The Morgan fingerprint density at radius 3 is 2.44 bits per heavy atom. The summed E-state index contributed by atoms with van der Waals surface area (Å²) < 4.78 is 1.71. The van der Waals surface area contributed by atoms with Gasteiger partial charge in [-0.2, -0.15) is 0 Å². The van der Waals surface area contributed by atoms with Gasteiger partial charge < -0.3 is 4.90 Å². The second-order valence-electron chi connectivity index (χ2n) is 8.92. The summed E-state index contributed by atoms with van der Waals surface area (Å²) in [4.78, 5) is 33.6. The largest absolute Gasteiger partial charge is 0.336 e. The summed E-state index contributed by atoms with van der Waals surface area (Å²) in [5, 5.41) is 0.865. The quantitative estimate of drug-likeness (QED) is 0.405. The van der Waals surface area contributed by atoms with Gasteiger partial charge in [-0.3, -0.25) is 14.2 Å². The van der Waals surface area contributed by atoms with E-state index >= 15 is 0 Å². The topological polar surface area (TPSA) is 55.2 Å². The van der Waals surface area contributed by atoms with Gasteiger partial charge in [-0.05, 0) is 64.7 Å². The Morgan fingerprint density at radius 2 is 1.75 bits per heavy atom. The van der Waals surface area contributed by atoms with Crippen molar-refractivity contribution < 1.29 is 4.79 Å². The van der Waals surface area contributed by atoms with E-state index in [2.05, 4.69) is 13.8 Å². The van der Waals surface area contributed by atoms with Crippen molar-refractivity contribution in [2.45, 2.75) is 76.0 Å². The van der Waals surface area contributed by atoms with Crippen LogP contribution in [-0.4, -0.2) is 37.7 Å². The Morgan fingerprint density at radius 1 is 1.09 bits per heavy atom. The van der Waals surface area contributed by atoms with Gasteiger partial charge in [0, 0.05) is 12.1 Å². The van der Waals surface area contributed by atoms with E-state index in [1.165, 1.54) is 17.3 Å². The SMILES string of the molecule is Cc1ccc(Cn2c(SC(C)C(=O)N3C(C)CCCC3C)nc3ccccc3c2=O)cc1. The lowest BCUT2D eigenvalue weighted by atomic mass is 9.97. The van der Waals surface area contributed by atoms with Crippen LogP contribution in [0.3, 0.4) is 0 Å². The molecule has 1 aliphatic rings. The summed E-state index contributed by atoms with van der Waals surface area (Å²) in [6.45, 7) is 8.67. The molecule has 0 radical (unpaired) electrons. The summed E-state index contributed by atoms with van der Waals surface area (Å²) in [7, 11) is 0. The van der Waals surface area contributed by atoms with Crippen LogP contribution in [0.2, 0.25) is 0 Å². The second kappa shape index (κ2) is 9.49. The number of thioether (sulfide) groups is 1. The molecular formula is C26H31N3O2S. The molecule has 0 bridgehead atoms. The molecule has 3 unspecified atom stereocenters. The lowest BCUT2D eigenvalue weighted by Crippen LogP contribution is -2.50. The third-order valence-corrected chi connectivity index (χ3v) is 7.44. The van der Waals surface area contributed by atoms with Crippen LogP contribution in [0.1, 0.15) is 51.2 Å². The third kappa shape index (κ3) is 4.60. The highest BCUT2D eigenvalue weighted by molar-refractivity contribution is 8.00. The molecule has 0 N–H and O–H groups in total. The molecule has 1 aromatic heterocycles. The molecule has 3 aromatic rings. The first kappa shape index (κ1) is 22.6. The van der Waals surface area contributed by atoms with Crippen LogP contribution in [0.15, 0.2) is 58.5 Å². The molecule has 1 aliphatic heterocycles. The molecule has 0 saturated carbocycles. The van der Waals surface area contributed by atoms with E-state index in [1.807, 2.05) is 67.3 Å². The summed E-state index contributed by atoms with van der Waals surface area (Å²) in [5.41, 5.74) is 2.81. The smallest absolute Gasteiger partial charge is 0.262 e. The number of hydrogen-bond acceptors (Lipinski definition) is 4. The first-order valence-electron chi connectivity index (χ1n) is 11.4. The van der Waals surface area contributed by atoms with Crippen molar-refractivity contribution in [1.29, 1.82) is 0 Å². The maximum atomic E-state index is 13.4. The highest BCUT2D eigenvalue weighted by Crippen LogP contribution is 2.29. The number of carbonyl (C=O) groups is 1. The number of aromatic nitrogens is 2. The van der Waals surface area contributed by atoms with Gasteiger partial charge in [-0.1, -0.05) is 53.7 Å². The van der Waals surface area contributed by atoms with Crippen molar-refractivity contribution in [3.63, 3.8) is 0 Å². The average Bonchev–Trinajstić information content (AvgIpc) is 2.77. The number of piperidine rings is 1. The molecule has 0 aliphatic carbocycles. The number of hydrogen-bond donors (Lipinski definition) is 0. The molecule has 32 heavy (non-hydrogen) atoms. The van der Waals surface area contributed by atoms with Gasteiger partial charge in [0.05, 0.1) is 22.7 Å². The first-order chi connectivity index (χ1) is 15.3. The molecule has 1 saturated heterocycles. The van der Waals surface area contributed by atoms with Crippen LogP contribution in [0, 0.1) is 6.92 Å². The van der Waals surface area contributed by atoms with Crippen molar-refractivity contribution in [2.75, 3.05) is 0 Å². The summed E-state index contributed by atoms with van der Waals surface area (Å²) in [6.07, 6.45) is 3.25. The van der Waals surface area contributed by atoms with E-state index in [-0.39, 0.29) is 28.8 Å². The zero-order valence-electron chi connectivity index (χ0n) is 19.2. The Labute approximate surface area is 193 Å². The predicted octanol–water partition coefficient (Wildman–Crippen LogP) is 5.02. The lowest BCUT2D eigenvalue weighted by molar-refractivity contribution is -0.136. The van der Waals surface area contributed by atoms with E-state index in [1.54, 1.807) is 4.57 Å². The Balaban J connectivity index is 1.69. The number of nitrogens with zero attached hydrogens (tertiary/aromatic N) is 3. The molecule has 3 atom stereocenters. The minimum absolute atomic E-state index is 0.0713. The van der Waals surface area contributed by atoms with E-state index in [4.69, 9.17) is 4.98 Å². The summed E-state index contributed by atoms with van der Waals surface area (Å²) >= 11 is 1.39. The molecule has 6 heteroatoms. The van der Waals surface area contributed by atoms with Gasteiger partial charge in [0.2, 0.25) is 5.91 Å². The van der Waals surface area contributed by atoms with Crippen molar-refractivity contribution in [1.82, 2.24) is 14.5 Å². The molecule has 2 heterocycles. The number of amides is 1. The Kier molecular flexibility index (Phi) is 6.70. The molecular weight excluding hydrogens is 418 g/mol. The number of para-hydroxylation sites is 1. The van der Waals surface area contributed by atoms with Crippen LogP contribution in [0.4, 0.5) is 0 Å². The number of fused-ring (bicyclic) bond motifs is 1. The maximum Gasteiger partial charge on any atom is 0.262 e. The van der Waals surface area contributed by atoms with Crippen molar-refractivity contribution in [3.8, 4) is 0 Å². The van der Waals surface area contributed by atoms with E-state index in [0.717, 1.165) is 24.8 Å². The fourth-order valence-electron chi connectivity index (χ4n) is 4.53. The summed E-state index contributed by atoms with van der Waals surface area (Å²) in [5.74, 6) is 0.124. The van der Waals surface area contributed by atoms with E-state index in [0.29, 0.717) is 22.6 Å². The monoisotopic (exact) mass is 449 g/mol. The van der Waals surface area contributed by atoms with Crippen LogP contribution in [-0.2, 0) is 11.3 Å². The first-order valence-corrected chi connectivity index (χ1v) is 12.3. The normalized spacial score (nSPS) is 19.8. The van der Waals surface area contributed by atoms with Gasteiger partial charge in [0.25, 0.3) is 5.56 Å². The molecule has 2 aromatic carbocycles. The number of likely N-dealkylation sites (tertiary alicyclic amines) is 1. The van der Waals surface area contributed by atoms with Crippen molar-refractivity contribution >= 4 is 28.6 Å². The standard InChI is InChI=1S/C26H31N3O2S/c1-17-12-14-21(15-13-17)16-28-25(31)22-10-5-6-11-23(22)27-26(28)32-20(4)24(30)29-18(2)8-7-9-19(29)3/h5-6,10-15,18-20H,7-9,16H2,1-4H3. The van der Waals surface area contributed by atoms with Gasteiger partial charge in [0.1, 0.15) is 0 Å².